The topological polar surface area (TPSA) is 111 Å². The van der Waals surface area contributed by atoms with E-state index < -0.39 is 0 Å². The molecule has 0 aliphatic carbocycles. The van der Waals surface area contributed by atoms with E-state index in [4.69, 9.17) is 10.2 Å². The molecule has 2 bridgehead atoms. The Bertz CT molecular complexity index is 1150. The van der Waals surface area contributed by atoms with E-state index in [9.17, 15) is 4.79 Å². The second kappa shape index (κ2) is 8.08. The van der Waals surface area contributed by atoms with Crippen molar-refractivity contribution >= 4 is 28.3 Å². The Kier molecular flexibility index (Phi) is 5.12. The summed E-state index contributed by atoms with van der Waals surface area (Å²) in [6.07, 6.45) is 6.16. The molecule has 3 aromatic heterocycles. The van der Waals surface area contributed by atoms with Crippen LogP contribution in [-0.4, -0.2) is 49.5 Å². The summed E-state index contributed by atoms with van der Waals surface area (Å²) in [7, 11) is 0. The fourth-order valence-corrected chi connectivity index (χ4v) is 5.17. The highest BCUT2D eigenvalue weighted by atomic mass is 16.1. The molecule has 0 spiro atoms. The van der Waals surface area contributed by atoms with Gasteiger partial charge in [-0.1, -0.05) is 0 Å². The third-order valence-corrected chi connectivity index (χ3v) is 6.53. The molecule has 2 aliphatic rings. The number of pyridine rings is 2. The number of anilines is 2. The molecule has 5 heterocycles. The predicted molar refractivity (Wildman–Crippen MR) is 117 cm³/mol. The number of H-pyrrole nitrogens is 1. The van der Waals surface area contributed by atoms with Gasteiger partial charge in [0.2, 0.25) is 0 Å². The van der Waals surface area contributed by atoms with E-state index in [1.165, 1.54) is 0 Å². The van der Waals surface area contributed by atoms with Crippen molar-refractivity contribution in [1.82, 2.24) is 25.1 Å². The van der Waals surface area contributed by atoms with Gasteiger partial charge in [-0.3, -0.25) is 19.8 Å². The van der Waals surface area contributed by atoms with Gasteiger partial charge in [0.05, 0.1) is 11.6 Å². The van der Waals surface area contributed by atoms with Crippen LogP contribution in [0.1, 0.15) is 48.3 Å². The van der Waals surface area contributed by atoms with Crippen molar-refractivity contribution in [2.75, 3.05) is 11.9 Å². The van der Waals surface area contributed by atoms with Gasteiger partial charge in [-0.15, -0.1) is 0 Å². The Morgan fingerprint density at radius 2 is 2.10 bits per heavy atom. The first-order valence-electron chi connectivity index (χ1n) is 10.8. The van der Waals surface area contributed by atoms with Crippen LogP contribution in [0.15, 0.2) is 30.5 Å². The van der Waals surface area contributed by atoms with Gasteiger partial charge >= 0.3 is 0 Å². The van der Waals surface area contributed by atoms with Crippen LogP contribution < -0.4 is 5.32 Å². The lowest BCUT2D eigenvalue weighted by Gasteiger charge is -2.38. The van der Waals surface area contributed by atoms with Gasteiger partial charge in [-0.25, -0.2) is 4.98 Å². The molecule has 2 fully saturated rings. The summed E-state index contributed by atoms with van der Waals surface area (Å²) in [4.78, 5) is 25.3. The van der Waals surface area contributed by atoms with Crippen molar-refractivity contribution in [1.29, 1.82) is 5.26 Å². The third-order valence-electron chi connectivity index (χ3n) is 6.53. The first-order valence-corrected chi connectivity index (χ1v) is 10.8. The van der Waals surface area contributed by atoms with Crippen LogP contribution >= 0.6 is 0 Å². The number of Topliss-reactive ketones (excluding diaryl/α,β-unsaturated/α-hetero) is 1. The van der Waals surface area contributed by atoms with Crippen LogP contribution in [0.3, 0.4) is 0 Å². The first-order chi connectivity index (χ1) is 15.1. The molecule has 31 heavy (non-hydrogen) atoms. The summed E-state index contributed by atoms with van der Waals surface area (Å²) in [5.41, 5.74) is 2.16. The van der Waals surface area contributed by atoms with Gasteiger partial charge in [-0.2, -0.15) is 10.4 Å². The van der Waals surface area contributed by atoms with E-state index in [1.807, 2.05) is 31.2 Å². The van der Waals surface area contributed by atoms with Crippen LogP contribution in [-0.2, 0) is 0 Å². The summed E-state index contributed by atoms with van der Waals surface area (Å²) in [5, 5.41) is 20.0. The van der Waals surface area contributed by atoms with E-state index in [0.29, 0.717) is 35.8 Å². The highest BCUT2D eigenvalue weighted by Gasteiger charge is 2.43. The fourth-order valence-electron chi connectivity index (χ4n) is 5.17. The average Bonchev–Trinajstić information content (AvgIpc) is 3.28. The number of nitrogens with zero attached hydrogens (tertiary/aromatic N) is 5. The second-order valence-corrected chi connectivity index (χ2v) is 8.55. The number of aromatic nitrogens is 4. The molecular weight excluding hydrogens is 390 g/mol. The molecule has 158 valence electrons. The number of carbonyl (C=O) groups excluding carboxylic acids is 1. The zero-order valence-corrected chi connectivity index (χ0v) is 17.5. The van der Waals surface area contributed by atoms with E-state index in [2.05, 4.69) is 31.5 Å². The minimum Gasteiger partial charge on any atom is -0.323 e. The van der Waals surface area contributed by atoms with E-state index in [1.54, 1.807) is 6.20 Å². The number of hydrogen-bond donors (Lipinski definition) is 2. The third kappa shape index (κ3) is 3.77. The maximum absolute atomic E-state index is 13.7. The van der Waals surface area contributed by atoms with E-state index >= 15 is 0 Å². The minimum absolute atomic E-state index is 0.0466. The molecule has 0 amide bonds. The van der Waals surface area contributed by atoms with Crippen molar-refractivity contribution in [2.24, 2.45) is 5.92 Å². The van der Waals surface area contributed by atoms with Gasteiger partial charge in [0.1, 0.15) is 11.5 Å². The SMILES string of the molecule is Cc1cc(Nc2cc3ncccc3c(C(=O)[C@@H]3CC4CC[C@@H](C3)N4CCC#N)n2)n[nH]1. The lowest BCUT2D eigenvalue weighted by atomic mass is 9.85. The molecule has 8 heteroatoms. The zero-order valence-electron chi connectivity index (χ0n) is 17.5. The average molecular weight is 416 g/mol. The molecule has 3 atom stereocenters. The number of carbonyl (C=O) groups is 1. The summed E-state index contributed by atoms with van der Waals surface area (Å²) in [6.45, 7) is 2.74. The Labute approximate surface area is 180 Å². The van der Waals surface area contributed by atoms with Crippen LogP contribution in [0.4, 0.5) is 11.6 Å². The number of fused-ring (bicyclic) bond motifs is 3. The van der Waals surface area contributed by atoms with Crippen molar-refractivity contribution in [3.8, 4) is 6.07 Å². The molecular formula is C23H25N7O. The number of nitrogens with one attached hydrogen (secondary N) is 2. The molecule has 2 N–H and O–H groups in total. The number of ketones is 1. The summed E-state index contributed by atoms with van der Waals surface area (Å²) < 4.78 is 0. The van der Waals surface area contributed by atoms with Crippen molar-refractivity contribution in [2.45, 2.75) is 51.1 Å². The molecule has 0 radical (unpaired) electrons. The number of hydrogen-bond acceptors (Lipinski definition) is 7. The normalized spacial score (nSPS) is 23.0. The molecule has 2 aliphatic heterocycles. The smallest absolute Gasteiger partial charge is 0.185 e. The Balaban J connectivity index is 1.44. The summed E-state index contributed by atoms with van der Waals surface area (Å²) >= 11 is 0. The van der Waals surface area contributed by atoms with Crippen LogP contribution in [0.2, 0.25) is 0 Å². The van der Waals surface area contributed by atoms with Crippen molar-refractivity contribution in [3.63, 3.8) is 0 Å². The van der Waals surface area contributed by atoms with Gasteiger partial charge in [0, 0.05) is 60.4 Å². The highest BCUT2D eigenvalue weighted by molar-refractivity contribution is 6.07. The Morgan fingerprint density at radius 1 is 1.29 bits per heavy atom. The summed E-state index contributed by atoms with van der Waals surface area (Å²) in [5.74, 6) is 1.27. The van der Waals surface area contributed by atoms with Crippen molar-refractivity contribution in [3.05, 3.63) is 41.9 Å². The maximum Gasteiger partial charge on any atom is 0.185 e. The predicted octanol–water partition coefficient (Wildman–Crippen LogP) is 3.74. The number of rotatable bonds is 6. The van der Waals surface area contributed by atoms with Gasteiger partial charge in [-0.05, 0) is 44.7 Å². The van der Waals surface area contributed by atoms with Crippen molar-refractivity contribution < 1.29 is 4.79 Å². The van der Waals surface area contributed by atoms with E-state index in [-0.39, 0.29) is 11.7 Å². The minimum atomic E-state index is -0.0466. The zero-order chi connectivity index (χ0) is 21.4. The molecule has 2 saturated heterocycles. The second-order valence-electron chi connectivity index (χ2n) is 8.55. The molecule has 0 saturated carbocycles. The number of nitriles is 1. The Hall–Kier alpha value is -3.31. The lowest BCUT2D eigenvalue weighted by molar-refractivity contribution is 0.0706. The molecule has 3 aromatic rings. The lowest BCUT2D eigenvalue weighted by Crippen LogP contribution is -2.45. The maximum atomic E-state index is 13.7. The van der Waals surface area contributed by atoms with E-state index in [0.717, 1.165) is 48.8 Å². The number of piperidine rings is 1. The van der Waals surface area contributed by atoms with Gasteiger partial charge < -0.3 is 5.32 Å². The number of aryl methyl sites for hydroxylation is 1. The van der Waals surface area contributed by atoms with Crippen LogP contribution in [0.5, 0.6) is 0 Å². The van der Waals surface area contributed by atoms with Crippen LogP contribution in [0.25, 0.3) is 10.9 Å². The standard InChI is InChI=1S/C23H25N7O/c1-14-10-21(29-28-14)26-20-13-19-18(4-2-8-25-19)22(27-20)23(31)15-11-16-5-6-17(12-15)30(16)9-3-7-24/h2,4,8,10,13,15-17H,3,5-6,9,11-12H2,1H3,(H2,26,27,28,29)/t15-,16-,17?/m0/s1. The quantitative estimate of drug-likeness (QED) is 0.590. The van der Waals surface area contributed by atoms with Crippen LogP contribution in [0, 0.1) is 24.2 Å². The number of aromatic amines is 1. The van der Waals surface area contributed by atoms with Gasteiger partial charge in [0.25, 0.3) is 0 Å². The fraction of sp³-hybridized carbons (Fsp3) is 0.435. The highest BCUT2D eigenvalue weighted by Crippen LogP contribution is 2.40. The Morgan fingerprint density at radius 3 is 2.81 bits per heavy atom. The monoisotopic (exact) mass is 415 g/mol. The molecule has 0 aromatic carbocycles. The molecule has 8 nitrogen and oxygen atoms in total. The summed E-state index contributed by atoms with van der Waals surface area (Å²) in [6, 6.07) is 10.5. The largest absolute Gasteiger partial charge is 0.323 e. The molecule has 5 rings (SSSR count). The van der Waals surface area contributed by atoms with Gasteiger partial charge in [0.15, 0.2) is 11.6 Å². The first kappa shape index (κ1) is 19.6. The molecule has 1 unspecified atom stereocenters.